The molecule has 3 heterocycles. The van der Waals surface area contributed by atoms with Gasteiger partial charge in [0.15, 0.2) is 0 Å². The maximum Gasteiger partial charge on any atom is 0.226 e. The minimum atomic E-state index is 0.691. The van der Waals surface area contributed by atoms with Crippen LogP contribution in [0.15, 0.2) is 18.2 Å². The highest BCUT2D eigenvalue weighted by molar-refractivity contribution is 7.18. The molecule has 0 aliphatic carbocycles. The van der Waals surface area contributed by atoms with Gasteiger partial charge in [0.2, 0.25) is 5.95 Å². The molecular weight excluding hydrogens is 300 g/mol. The Hall–Kier alpha value is -1.66. The third-order valence-corrected chi connectivity index (χ3v) is 5.02. The zero-order chi connectivity index (χ0) is 14.8. The molecule has 0 spiro atoms. The standard InChI is InChI=1S/C15H18N4S2/c1-4-16-15-18-13(12-7-10(3)21-14(12)19-15)17-8-11-6-5-9(2)20-11/h5-7H,4,8H2,1-3H3,(H2,16,17,18,19). The maximum atomic E-state index is 4.60. The summed E-state index contributed by atoms with van der Waals surface area (Å²) in [5, 5.41) is 7.76. The van der Waals surface area contributed by atoms with Crippen molar-refractivity contribution in [2.75, 3.05) is 17.2 Å². The van der Waals surface area contributed by atoms with Gasteiger partial charge in [-0.1, -0.05) is 0 Å². The highest BCUT2D eigenvalue weighted by Gasteiger charge is 2.10. The van der Waals surface area contributed by atoms with Crippen molar-refractivity contribution in [2.24, 2.45) is 0 Å². The molecule has 0 aromatic carbocycles. The van der Waals surface area contributed by atoms with Gasteiger partial charge in [-0.15, -0.1) is 22.7 Å². The van der Waals surface area contributed by atoms with Gasteiger partial charge in [-0.25, -0.2) is 4.98 Å². The quantitative estimate of drug-likeness (QED) is 0.731. The predicted octanol–water partition coefficient (Wildman–Crippen LogP) is 4.41. The van der Waals surface area contributed by atoms with Crippen molar-refractivity contribution in [2.45, 2.75) is 27.3 Å². The Bertz CT molecular complexity index is 760. The average Bonchev–Trinajstić information content (AvgIpc) is 3.01. The van der Waals surface area contributed by atoms with Crippen LogP contribution >= 0.6 is 22.7 Å². The SMILES string of the molecule is CCNc1nc(NCc2ccc(C)s2)c2cc(C)sc2n1. The number of aromatic nitrogens is 2. The predicted molar refractivity (Wildman–Crippen MR) is 92.7 cm³/mol. The molecule has 0 amide bonds. The number of nitrogens with zero attached hydrogens (tertiary/aromatic N) is 2. The number of fused-ring (bicyclic) bond motifs is 1. The Morgan fingerprint density at radius 3 is 2.62 bits per heavy atom. The van der Waals surface area contributed by atoms with Gasteiger partial charge in [0.05, 0.1) is 11.9 Å². The number of thiophene rings is 2. The number of rotatable bonds is 5. The molecule has 0 aliphatic rings. The smallest absolute Gasteiger partial charge is 0.226 e. The summed E-state index contributed by atoms with van der Waals surface area (Å²) in [4.78, 5) is 14.1. The van der Waals surface area contributed by atoms with E-state index in [0.717, 1.165) is 29.1 Å². The molecule has 0 atom stereocenters. The molecule has 0 saturated carbocycles. The van der Waals surface area contributed by atoms with E-state index in [4.69, 9.17) is 0 Å². The van der Waals surface area contributed by atoms with E-state index in [-0.39, 0.29) is 0 Å². The number of anilines is 2. The van der Waals surface area contributed by atoms with Gasteiger partial charge in [0.1, 0.15) is 10.6 Å². The minimum Gasteiger partial charge on any atom is -0.364 e. The fraction of sp³-hybridized carbons (Fsp3) is 0.333. The molecule has 0 unspecified atom stereocenters. The van der Waals surface area contributed by atoms with E-state index >= 15 is 0 Å². The topological polar surface area (TPSA) is 49.8 Å². The van der Waals surface area contributed by atoms with E-state index in [9.17, 15) is 0 Å². The van der Waals surface area contributed by atoms with Crippen molar-refractivity contribution >= 4 is 44.7 Å². The second-order valence-electron chi connectivity index (χ2n) is 4.87. The second-order valence-corrected chi connectivity index (χ2v) is 7.48. The van der Waals surface area contributed by atoms with Crippen LogP contribution in [0.4, 0.5) is 11.8 Å². The van der Waals surface area contributed by atoms with Crippen LogP contribution in [-0.4, -0.2) is 16.5 Å². The van der Waals surface area contributed by atoms with E-state index in [1.807, 2.05) is 11.3 Å². The fourth-order valence-corrected chi connectivity index (χ4v) is 3.87. The van der Waals surface area contributed by atoms with Crippen molar-refractivity contribution in [3.8, 4) is 0 Å². The number of nitrogens with one attached hydrogen (secondary N) is 2. The van der Waals surface area contributed by atoms with Gasteiger partial charge in [0, 0.05) is 21.2 Å². The highest BCUT2D eigenvalue weighted by Crippen LogP contribution is 2.30. The Morgan fingerprint density at radius 2 is 1.90 bits per heavy atom. The van der Waals surface area contributed by atoms with Gasteiger partial charge < -0.3 is 10.6 Å². The molecule has 6 heteroatoms. The molecule has 0 saturated heterocycles. The normalized spacial score (nSPS) is 11.0. The zero-order valence-electron chi connectivity index (χ0n) is 12.4. The highest BCUT2D eigenvalue weighted by atomic mass is 32.1. The second kappa shape index (κ2) is 5.99. The number of hydrogen-bond donors (Lipinski definition) is 2. The summed E-state index contributed by atoms with van der Waals surface area (Å²) in [6, 6.07) is 6.46. The summed E-state index contributed by atoms with van der Waals surface area (Å²) < 4.78 is 0. The van der Waals surface area contributed by atoms with Gasteiger partial charge in [-0.3, -0.25) is 0 Å². The summed E-state index contributed by atoms with van der Waals surface area (Å²) in [6.45, 7) is 7.90. The molecule has 3 aromatic rings. The average molecular weight is 318 g/mol. The van der Waals surface area contributed by atoms with Crippen LogP contribution in [0.3, 0.4) is 0 Å². The van der Waals surface area contributed by atoms with Crippen molar-refractivity contribution in [1.29, 1.82) is 0 Å². The van der Waals surface area contributed by atoms with Crippen LogP contribution < -0.4 is 10.6 Å². The number of hydrogen-bond acceptors (Lipinski definition) is 6. The van der Waals surface area contributed by atoms with E-state index in [0.29, 0.717) is 5.95 Å². The maximum absolute atomic E-state index is 4.60. The summed E-state index contributed by atoms with van der Waals surface area (Å²) in [5.74, 6) is 1.60. The van der Waals surface area contributed by atoms with Crippen molar-refractivity contribution in [1.82, 2.24) is 9.97 Å². The molecule has 0 fully saturated rings. The van der Waals surface area contributed by atoms with Crippen LogP contribution in [0.5, 0.6) is 0 Å². The Labute approximate surface area is 132 Å². The van der Waals surface area contributed by atoms with Gasteiger partial charge in [0.25, 0.3) is 0 Å². The van der Waals surface area contributed by atoms with Gasteiger partial charge in [-0.05, 0) is 39.0 Å². The lowest BCUT2D eigenvalue weighted by atomic mass is 10.3. The summed E-state index contributed by atoms with van der Waals surface area (Å²) in [6.07, 6.45) is 0. The van der Waals surface area contributed by atoms with Crippen LogP contribution in [-0.2, 0) is 6.54 Å². The fourth-order valence-electron chi connectivity index (χ4n) is 2.16. The molecule has 3 aromatic heterocycles. The first-order chi connectivity index (χ1) is 10.2. The molecule has 0 bridgehead atoms. The van der Waals surface area contributed by atoms with Crippen LogP contribution in [0.1, 0.15) is 21.6 Å². The monoisotopic (exact) mass is 318 g/mol. The van der Waals surface area contributed by atoms with E-state index in [1.165, 1.54) is 14.6 Å². The van der Waals surface area contributed by atoms with E-state index in [2.05, 4.69) is 59.6 Å². The molecule has 0 aliphatic heterocycles. The third-order valence-electron chi connectivity index (χ3n) is 3.08. The molecule has 0 radical (unpaired) electrons. The van der Waals surface area contributed by atoms with Crippen LogP contribution in [0.25, 0.3) is 10.2 Å². The summed E-state index contributed by atoms with van der Waals surface area (Å²) in [5.41, 5.74) is 0. The lowest BCUT2D eigenvalue weighted by Gasteiger charge is -2.08. The third kappa shape index (κ3) is 3.16. The molecule has 3 rings (SSSR count). The Balaban J connectivity index is 1.91. The largest absolute Gasteiger partial charge is 0.364 e. The summed E-state index contributed by atoms with van der Waals surface area (Å²) >= 11 is 3.52. The Kier molecular flexibility index (Phi) is 4.07. The molecular formula is C15H18N4S2. The molecule has 2 N–H and O–H groups in total. The summed E-state index contributed by atoms with van der Waals surface area (Å²) in [7, 11) is 0. The molecule has 4 nitrogen and oxygen atoms in total. The first-order valence-corrected chi connectivity index (χ1v) is 8.60. The zero-order valence-corrected chi connectivity index (χ0v) is 14.0. The first-order valence-electron chi connectivity index (χ1n) is 6.97. The first kappa shape index (κ1) is 14.3. The van der Waals surface area contributed by atoms with Crippen LogP contribution in [0, 0.1) is 13.8 Å². The van der Waals surface area contributed by atoms with E-state index < -0.39 is 0 Å². The molecule has 110 valence electrons. The number of aryl methyl sites for hydroxylation is 2. The van der Waals surface area contributed by atoms with Crippen LogP contribution in [0.2, 0.25) is 0 Å². The van der Waals surface area contributed by atoms with Crippen molar-refractivity contribution in [3.05, 3.63) is 32.8 Å². The molecule has 21 heavy (non-hydrogen) atoms. The van der Waals surface area contributed by atoms with Gasteiger partial charge in [-0.2, -0.15) is 4.98 Å². The van der Waals surface area contributed by atoms with Crippen molar-refractivity contribution in [3.63, 3.8) is 0 Å². The Morgan fingerprint density at radius 1 is 1.05 bits per heavy atom. The van der Waals surface area contributed by atoms with E-state index in [1.54, 1.807) is 11.3 Å². The van der Waals surface area contributed by atoms with Crippen molar-refractivity contribution < 1.29 is 0 Å². The lowest BCUT2D eigenvalue weighted by molar-refractivity contribution is 1.09. The minimum absolute atomic E-state index is 0.691. The van der Waals surface area contributed by atoms with Gasteiger partial charge >= 0.3 is 0 Å². The lowest BCUT2D eigenvalue weighted by Crippen LogP contribution is -2.06.